The molecule has 0 bridgehead atoms. The second kappa shape index (κ2) is 6.26. The van der Waals surface area contributed by atoms with E-state index in [0.717, 1.165) is 5.56 Å². The number of hydrogen-bond acceptors (Lipinski definition) is 4. The first-order chi connectivity index (χ1) is 8.35. The summed E-state index contributed by atoms with van der Waals surface area (Å²) in [5, 5.41) is 9.74. The minimum Gasteiger partial charge on any atom is -0.389 e. The Bertz CT molecular complexity index is 457. The zero-order chi connectivity index (χ0) is 13.6. The van der Waals surface area contributed by atoms with Gasteiger partial charge in [-0.2, -0.15) is 0 Å². The summed E-state index contributed by atoms with van der Waals surface area (Å²) in [6, 6.07) is 3.58. The average molecular weight is 272 g/mol. The third-order valence-electron chi connectivity index (χ3n) is 2.84. The highest BCUT2D eigenvalue weighted by Crippen LogP contribution is 2.07. The lowest BCUT2D eigenvalue weighted by Crippen LogP contribution is -2.41. The van der Waals surface area contributed by atoms with Gasteiger partial charge in [0.05, 0.1) is 11.4 Å². The number of sulfonamides is 1. The van der Waals surface area contributed by atoms with E-state index in [2.05, 4.69) is 9.71 Å². The molecule has 0 radical (unpaired) electrons. The monoisotopic (exact) mass is 272 g/mol. The zero-order valence-corrected chi connectivity index (χ0v) is 11.6. The van der Waals surface area contributed by atoms with E-state index in [9.17, 15) is 13.5 Å². The Morgan fingerprint density at radius 1 is 1.39 bits per heavy atom. The van der Waals surface area contributed by atoms with Crippen LogP contribution in [-0.4, -0.2) is 36.4 Å². The van der Waals surface area contributed by atoms with Gasteiger partial charge in [-0.1, -0.05) is 6.92 Å². The molecule has 0 fully saturated rings. The van der Waals surface area contributed by atoms with Crippen molar-refractivity contribution >= 4 is 10.0 Å². The Morgan fingerprint density at radius 3 is 2.56 bits per heavy atom. The summed E-state index contributed by atoms with van der Waals surface area (Å²) in [4.78, 5) is 3.87. The maximum atomic E-state index is 11.7. The van der Waals surface area contributed by atoms with Crippen LogP contribution in [0.4, 0.5) is 0 Å². The van der Waals surface area contributed by atoms with Gasteiger partial charge in [-0.15, -0.1) is 0 Å². The topological polar surface area (TPSA) is 79.3 Å². The summed E-state index contributed by atoms with van der Waals surface area (Å²) in [6.45, 7) is 3.46. The molecule has 1 atom stereocenters. The maximum absolute atomic E-state index is 11.7. The molecule has 102 valence electrons. The van der Waals surface area contributed by atoms with Crippen LogP contribution in [0.3, 0.4) is 0 Å². The lowest BCUT2D eigenvalue weighted by molar-refractivity contribution is 0.0613. The van der Waals surface area contributed by atoms with Crippen LogP contribution < -0.4 is 4.72 Å². The van der Waals surface area contributed by atoms with Crippen molar-refractivity contribution in [2.24, 2.45) is 0 Å². The summed E-state index contributed by atoms with van der Waals surface area (Å²) >= 11 is 0. The molecule has 0 aliphatic carbocycles. The number of aliphatic hydroxyl groups is 1. The molecule has 1 rings (SSSR count). The zero-order valence-electron chi connectivity index (χ0n) is 10.8. The van der Waals surface area contributed by atoms with E-state index in [-0.39, 0.29) is 12.3 Å². The number of aryl methyl sites for hydroxylation is 1. The van der Waals surface area contributed by atoms with Crippen LogP contribution in [0.2, 0.25) is 0 Å². The molecule has 0 aromatic carbocycles. The number of nitrogens with zero attached hydrogens (tertiary/aromatic N) is 1. The van der Waals surface area contributed by atoms with Gasteiger partial charge >= 0.3 is 0 Å². The van der Waals surface area contributed by atoms with Gasteiger partial charge in [-0.05, 0) is 37.5 Å². The van der Waals surface area contributed by atoms with Crippen LogP contribution in [0.25, 0.3) is 0 Å². The first-order valence-corrected chi connectivity index (χ1v) is 7.58. The van der Waals surface area contributed by atoms with Crippen molar-refractivity contribution in [3.63, 3.8) is 0 Å². The molecular weight excluding hydrogens is 252 g/mol. The summed E-state index contributed by atoms with van der Waals surface area (Å²) in [5.41, 5.74) is -0.0679. The van der Waals surface area contributed by atoms with Crippen molar-refractivity contribution in [2.45, 2.75) is 32.3 Å². The molecule has 0 spiro atoms. The fraction of sp³-hybridized carbons (Fsp3) is 0.583. The second-order valence-corrected chi connectivity index (χ2v) is 6.52. The molecule has 0 aliphatic rings. The van der Waals surface area contributed by atoms with Gasteiger partial charge in [0, 0.05) is 18.9 Å². The van der Waals surface area contributed by atoms with Gasteiger partial charge in [-0.25, -0.2) is 13.1 Å². The normalized spacial score (nSPS) is 15.3. The van der Waals surface area contributed by atoms with Gasteiger partial charge in [0.1, 0.15) is 0 Å². The lowest BCUT2D eigenvalue weighted by atomic mass is 10.1. The maximum Gasteiger partial charge on any atom is 0.212 e. The van der Waals surface area contributed by atoms with Crippen molar-refractivity contribution in [3.8, 4) is 0 Å². The van der Waals surface area contributed by atoms with Crippen LogP contribution in [0, 0.1) is 0 Å². The Morgan fingerprint density at radius 2 is 2.00 bits per heavy atom. The minimum absolute atomic E-state index is 0.0107. The minimum atomic E-state index is -3.35. The van der Waals surface area contributed by atoms with Crippen LogP contribution in [0.15, 0.2) is 24.5 Å². The van der Waals surface area contributed by atoms with Crippen molar-refractivity contribution in [1.29, 1.82) is 0 Å². The van der Waals surface area contributed by atoms with Crippen LogP contribution in [-0.2, 0) is 16.4 Å². The third-order valence-corrected chi connectivity index (χ3v) is 4.17. The first kappa shape index (κ1) is 15.1. The Kier molecular flexibility index (Phi) is 5.25. The molecule has 0 saturated carbocycles. The van der Waals surface area contributed by atoms with Crippen molar-refractivity contribution in [2.75, 3.05) is 12.3 Å². The van der Waals surface area contributed by atoms with Gasteiger partial charge in [0.2, 0.25) is 10.0 Å². The largest absolute Gasteiger partial charge is 0.389 e. The van der Waals surface area contributed by atoms with Crippen LogP contribution >= 0.6 is 0 Å². The molecule has 1 aromatic heterocycles. The molecular formula is C12H20N2O3S. The smallest absolute Gasteiger partial charge is 0.212 e. The Hall–Kier alpha value is -0.980. The summed E-state index contributed by atoms with van der Waals surface area (Å²) in [6.07, 6.45) is 4.21. The molecule has 18 heavy (non-hydrogen) atoms. The predicted octanol–water partition coefficient (Wildman–Crippen LogP) is 0.704. The number of rotatable bonds is 7. The molecule has 0 amide bonds. The second-order valence-electron chi connectivity index (χ2n) is 4.60. The van der Waals surface area contributed by atoms with Gasteiger partial charge < -0.3 is 5.11 Å². The molecule has 6 heteroatoms. The van der Waals surface area contributed by atoms with Crippen molar-refractivity contribution in [1.82, 2.24) is 9.71 Å². The van der Waals surface area contributed by atoms with E-state index in [1.54, 1.807) is 31.5 Å². The fourth-order valence-corrected chi connectivity index (χ4v) is 2.44. The summed E-state index contributed by atoms with van der Waals surface area (Å²) in [7, 11) is -3.35. The molecule has 1 heterocycles. The third kappa shape index (κ3) is 5.57. The van der Waals surface area contributed by atoms with Crippen molar-refractivity contribution in [3.05, 3.63) is 30.1 Å². The van der Waals surface area contributed by atoms with Crippen molar-refractivity contribution < 1.29 is 13.5 Å². The van der Waals surface area contributed by atoms with E-state index in [0.29, 0.717) is 12.8 Å². The number of pyridine rings is 1. The van der Waals surface area contributed by atoms with E-state index in [1.165, 1.54) is 0 Å². The predicted molar refractivity (Wildman–Crippen MR) is 70.6 cm³/mol. The Balaban J connectivity index is 2.46. The highest BCUT2D eigenvalue weighted by atomic mass is 32.2. The molecule has 1 aromatic rings. The van der Waals surface area contributed by atoms with Crippen LogP contribution in [0.5, 0.6) is 0 Å². The van der Waals surface area contributed by atoms with E-state index in [4.69, 9.17) is 0 Å². The number of hydrogen-bond donors (Lipinski definition) is 2. The first-order valence-electron chi connectivity index (χ1n) is 5.93. The molecule has 2 N–H and O–H groups in total. The average Bonchev–Trinajstić information content (AvgIpc) is 2.36. The SMILES string of the molecule is CCC(C)(O)CNS(=O)(=O)CCc1ccncc1. The standard InChI is InChI=1S/C12H20N2O3S/c1-3-12(2,15)10-14-18(16,17)9-6-11-4-7-13-8-5-11/h4-5,7-8,14-15H,3,6,9-10H2,1-2H3. The van der Waals surface area contributed by atoms with E-state index in [1.807, 2.05) is 6.92 Å². The highest BCUT2D eigenvalue weighted by Gasteiger charge is 2.20. The van der Waals surface area contributed by atoms with E-state index >= 15 is 0 Å². The lowest BCUT2D eigenvalue weighted by Gasteiger charge is -2.21. The summed E-state index contributed by atoms with van der Waals surface area (Å²) < 4.78 is 25.9. The van der Waals surface area contributed by atoms with Gasteiger partial charge in [0.15, 0.2) is 0 Å². The number of aromatic nitrogens is 1. The Labute approximate surface area is 108 Å². The fourth-order valence-electron chi connectivity index (χ4n) is 1.26. The molecule has 0 saturated heterocycles. The van der Waals surface area contributed by atoms with E-state index < -0.39 is 15.6 Å². The van der Waals surface area contributed by atoms with Crippen LogP contribution in [0.1, 0.15) is 25.8 Å². The molecule has 0 aliphatic heterocycles. The molecule has 5 nitrogen and oxygen atoms in total. The quantitative estimate of drug-likeness (QED) is 0.766. The highest BCUT2D eigenvalue weighted by molar-refractivity contribution is 7.89. The number of nitrogens with one attached hydrogen (secondary N) is 1. The summed E-state index contributed by atoms with van der Waals surface area (Å²) in [5.74, 6) is 0.0107. The molecule has 1 unspecified atom stereocenters. The van der Waals surface area contributed by atoms with Gasteiger partial charge in [-0.3, -0.25) is 4.98 Å². The van der Waals surface area contributed by atoms with Gasteiger partial charge in [0.25, 0.3) is 0 Å².